The summed E-state index contributed by atoms with van der Waals surface area (Å²) < 4.78 is 5.22. The number of hydrogen-bond donors (Lipinski definition) is 1. The third-order valence-corrected chi connectivity index (χ3v) is 6.98. The number of anilines is 2. The van der Waals surface area contributed by atoms with Gasteiger partial charge in [-0.05, 0) is 60.4 Å². The maximum atomic E-state index is 13.5. The second-order valence-electron chi connectivity index (χ2n) is 7.96. The van der Waals surface area contributed by atoms with Crippen molar-refractivity contribution in [3.63, 3.8) is 0 Å². The van der Waals surface area contributed by atoms with Crippen LogP contribution in [-0.2, 0) is 22.4 Å². The standard InChI is InChI=1S/C28H25N3O3S/c1-3-19-9-13-21(14-10-19)30-26(32)24(18-29)28-31(22-7-5-4-6-8-22)27(33)25(35-28)17-20-11-15-23(34-2)16-12-20/h4-16,25H,3,17H2,1-2H3,(H,30,32). The molecule has 176 valence electrons. The van der Waals surface area contributed by atoms with E-state index in [1.807, 2.05) is 72.8 Å². The third kappa shape index (κ3) is 5.39. The minimum atomic E-state index is -0.543. The first-order valence-electron chi connectivity index (χ1n) is 11.3. The number of nitrogens with zero attached hydrogens (tertiary/aromatic N) is 2. The molecule has 1 N–H and O–H groups in total. The largest absolute Gasteiger partial charge is 0.497 e. The molecule has 7 heteroatoms. The summed E-state index contributed by atoms with van der Waals surface area (Å²) >= 11 is 1.25. The number of nitrogens with one attached hydrogen (secondary N) is 1. The van der Waals surface area contributed by atoms with Crippen LogP contribution in [0.4, 0.5) is 11.4 Å². The first-order chi connectivity index (χ1) is 17.0. The molecule has 1 heterocycles. The number of thioether (sulfide) groups is 1. The van der Waals surface area contributed by atoms with E-state index >= 15 is 0 Å². The summed E-state index contributed by atoms with van der Waals surface area (Å²) in [5.41, 5.74) is 3.23. The van der Waals surface area contributed by atoms with Crippen molar-refractivity contribution >= 4 is 35.0 Å². The Kier molecular flexibility index (Phi) is 7.54. The van der Waals surface area contributed by atoms with Gasteiger partial charge < -0.3 is 10.1 Å². The van der Waals surface area contributed by atoms with E-state index in [0.29, 0.717) is 22.8 Å². The lowest BCUT2D eigenvalue weighted by Gasteiger charge is -2.18. The van der Waals surface area contributed by atoms with Crippen molar-refractivity contribution in [1.82, 2.24) is 0 Å². The van der Waals surface area contributed by atoms with Gasteiger partial charge >= 0.3 is 0 Å². The molecule has 1 saturated heterocycles. The number of ether oxygens (including phenoxy) is 1. The lowest BCUT2D eigenvalue weighted by Crippen LogP contribution is -2.30. The van der Waals surface area contributed by atoms with Gasteiger partial charge in [0.25, 0.3) is 5.91 Å². The highest BCUT2D eigenvalue weighted by Gasteiger charge is 2.40. The van der Waals surface area contributed by atoms with Gasteiger partial charge in [0.1, 0.15) is 22.4 Å². The van der Waals surface area contributed by atoms with E-state index in [1.54, 1.807) is 19.2 Å². The summed E-state index contributed by atoms with van der Waals surface area (Å²) in [6.45, 7) is 2.06. The van der Waals surface area contributed by atoms with Gasteiger partial charge in [-0.1, -0.05) is 61.2 Å². The predicted molar refractivity (Wildman–Crippen MR) is 139 cm³/mol. The molecule has 0 saturated carbocycles. The Bertz CT molecular complexity index is 1280. The maximum Gasteiger partial charge on any atom is 0.269 e. The molecule has 0 spiro atoms. The number of methoxy groups -OCH3 is 1. The second-order valence-corrected chi connectivity index (χ2v) is 9.16. The molecule has 1 unspecified atom stereocenters. The minimum Gasteiger partial charge on any atom is -0.497 e. The zero-order valence-electron chi connectivity index (χ0n) is 19.5. The van der Waals surface area contributed by atoms with Gasteiger partial charge in [-0.25, -0.2) is 0 Å². The summed E-state index contributed by atoms with van der Waals surface area (Å²) in [6.07, 6.45) is 1.35. The van der Waals surface area contributed by atoms with Crippen molar-refractivity contribution in [2.75, 3.05) is 17.3 Å². The Morgan fingerprint density at radius 2 is 1.69 bits per heavy atom. The Balaban J connectivity index is 1.66. The van der Waals surface area contributed by atoms with E-state index < -0.39 is 11.2 Å². The normalized spacial score (nSPS) is 16.5. The fourth-order valence-electron chi connectivity index (χ4n) is 3.79. The van der Waals surface area contributed by atoms with Gasteiger partial charge in [0.05, 0.1) is 12.4 Å². The molecule has 0 aliphatic carbocycles. The van der Waals surface area contributed by atoms with Crippen molar-refractivity contribution in [2.24, 2.45) is 0 Å². The van der Waals surface area contributed by atoms with Gasteiger partial charge in [0.2, 0.25) is 5.91 Å². The maximum absolute atomic E-state index is 13.5. The Labute approximate surface area is 209 Å². The second kappa shape index (κ2) is 10.9. The van der Waals surface area contributed by atoms with Gasteiger partial charge in [-0.15, -0.1) is 0 Å². The van der Waals surface area contributed by atoms with Crippen LogP contribution in [0.15, 0.2) is 89.5 Å². The smallest absolute Gasteiger partial charge is 0.269 e. The number of nitriles is 1. The Morgan fingerprint density at radius 1 is 1.03 bits per heavy atom. The average molecular weight is 484 g/mol. The molecule has 35 heavy (non-hydrogen) atoms. The Hall–Kier alpha value is -4.02. The molecule has 3 aromatic carbocycles. The fraction of sp³-hybridized carbons (Fsp3) is 0.179. The van der Waals surface area contributed by atoms with Crippen LogP contribution in [0, 0.1) is 11.3 Å². The van der Waals surface area contributed by atoms with Crippen molar-refractivity contribution in [3.05, 3.63) is 101 Å². The Morgan fingerprint density at radius 3 is 2.29 bits per heavy atom. The van der Waals surface area contributed by atoms with Crippen molar-refractivity contribution in [1.29, 1.82) is 5.26 Å². The minimum absolute atomic E-state index is 0.0935. The molecule has 1 fully saturated rings. The molecule has 2 amide bonds. The number of para-hydroxylation sites is 1. The van der Waals surface area contributed by atoms with E-state index in [2.05, 4.69) is 12.2 Å². The van der Waals surface area contributed by atoms with E-state index in [0.717, 1.165) is 23.3 Å². The van der Waals surface area contributed by atoms with Crippen LogP contribution in [0.25, 0.3) is 0 Å². The van der Waals surface area contributed by atoms with E-state index in [1.165, 1.54) is 16.7 Å². The zero-order valence-corrected chi connectivity index (χ0v) is 20.3. The summed E-state index contributed by atoms with van der Waals surface area (Å²) in [5.74, 6) is 0.0269. The van der Waals surface area contributed by atoms with Crippen molar-refractivity contribution < 1.29 is 14.3 Å². The average Bonchev–Trinajstić information content (AvgIpc) is 3.21. The molecular weight excluding hydrogens is 458 g/mol. The first kappa shape index (κ1) is 24.1. The third-order valence-electron chi connectivity index (χ3n) is 5.72. The summed E-state index contributed by atoms with van der Waals surface area (Å²) in [4.78, 5) is 28.2. The number of rotatable bonds is 7. The molecule has 1 aliphatic rings. The van der Waals surface area contributed by atoms with E-state index in [-0.39, 0.29) is 11.5 Å². The summed E-state index contributed by atoms with van der Waals surface area (Å²) in [7, 11) is 1.60. The van der Waals surface area contributed by atoms with Crippen LogP contribution in [-0.4, -0.2) is 24.2 Å². The monoisotopic (exact) mass is 483 g/mol. The quantitative estimate of drug-likeness (QED) is 0.363. The molecule has 0 radical (unpaired) electrons. The van der Waals surface area contributed by atoms with Crippen molar-refractivity contribution in [3.8, 4) is 11.8 Å². The zero-order chi connectivity index (χ0) is 24.8. The SMILES string of the molecule is CCc1ccc(NC(=O)C(C#N)=C2SC(Cc3ccc(OC)cc3)C(=O)N2c2ccccc2)cc1. The summed E-state index contributed by atoms with van der Waals surface area (Å²) in [5, 5.41) is 12.6. The van der Waals surface area contributed by atoms with Crippen LogP contribution in [0.3, 0.4) is 0 Å². The molecule has 1 atom stereocenters. The molecule has 0 aromatic heterocycles. The highest BCUT2D eigenvalue weighted by Crippen LogP contribution is 2.42. The number of carbonyl (C=O) groups is 2. The number of hydrogen-bond acceptors (Lipinski definition) is 5. The van der Waals surface area contributed by atoms with Gasteiger partial charge in [-0.3, -0.25) is 14.5 Å². The number of amides is 2. The molecule has 1 aliphatic heterocycles. The predicted octanol–water partition coefficient (Wildman–Crippen LogP) is 5.32. The highest BCUT2D eigenvalue weighted by molar-refractivity contribution is 8.05. The highest BCUT2D eigenvalue weighted by atomic mass is 32.2. The lowest BCUT2D eigenvalue weighted by atomic mass is 10.1. The van der Waals surface area contributed by atoms with Crippen LogP contribution in [0.2, 0.25) is 0 Å². The van der Waals surface area contributed by atoms with Crippen LogP contribution in [0.1, 0.15) is 18.1 Å². The van der Waals surface area contributed by atoms with Gasteiger partial charge in [0, 0.05) is 11.4 Å². The number of carbonyl (C=O) groups excluding carboxylic acids is 2. The molecule has 3 aromatic rings. The van der Waals surface area contributed by atoms with Crippen LogP contribution in [0.5, 0.6) is 5.75 Å². The van der Waals surface area contributed by atoms with Crippen molar-refractivity contribution in [2.45, 2.75) is 25.0 Å². The molecular formula is C28H25N3O3S. The number of aryl methyl sites for hydroxylation is 1. The van der Waals surface area contributed by atoms with Gasteiger partial charge in [0.15, 0.2) is 0 Å². The van der Waals surface area contributed by atoms with Crippen LogP contribution < -0.4 is 15.0 Å². The molecule has 6 nitrogen and oxygen atoms in total. The molecule has 4 rings (SSSR count). The van der Waals surface area contributed by atoms with Gasteiger partial charge in [-0.2, -0.15) is 5.26 Å². The van der Waals surface area contributed by atoms with Crippen LogP contribution >= 0.6 is 11.8 Å². The number of benzene rings is 3. The fourth-order valence-corrected chi connectivity index (χ4v) is 5.10. The van der Waals surface area contributed by atoms with E-state index in [9.17, 15) is 14.9 Å². The topological polar surface area (TPSA) is 82.4 Å². The molecule has 0 bridgehead atoms. The first-order valence-corrected chi connectivity index (χ1v) is 12.1. The summed E-state index contributed by atoms with van der Waals surface area (Å²) in [6, 6.07) is 26.2. The van der Waals surface area contributed by atoms with E-state index in [4.69, 9.17) is 4.74 Å². The lowest BCUT2D eigenvalue weighted by molar-refractivity contribution is -0.117.